The number of alkyl carbamates (subject to hydrolysis) is 1. The number of fused-ring (bicyclic) bond motifs is 5. The predicted molar refractivity (Wildman–Crippen MR) is 186 cm³/mol. The maximum atomic E-state index is 14.0. The summed E-state index contributed by atoms with van der Waals surface area (Å²) < 4.78 is 29.0. The average molecular weight is 734 g/mol. The van der Waals surface area contributed by atoms with E-state index in [2.05, 4.69) is 5.32 Å². The lowest BCUT2D eigenvalue weighted by atomic mass is 9.83. The second-order valence-corrected chi connectivity index (χ2v) is 14.2. The highest BCUT2D eigenvalue weighted by atomic mass is 35.5. The molecular formula is C36H48ClN3O11. The molecule has 14 nitrogen and oxygen atoms in total. The SMILES string of the molecule is COc1cc2cc(c1Cl)N(C)C(=O)C[C@H](OC(=O)[C@H](C)N(C)C(=O)CC(C)=O)[C@]1(C)O[C@H]1[C@H](C)C1C[C@@](O)(NC(=O)O1)[C@H](OC)/C=C/C=C(\C)C2. The van der Waals surface area contributed by atoms with Gasteiger partial charge in [-0.05, 0) is 51.8 Å². The van der Waals surface area contributed by atoms with Crippen LogP contribution in [0.1, 0.15) is 59.4 Å². The van der Waals surface area contributed by atoms with Crippen molar-refractivity contribution in [3.63, 3.8) is 0 Å². The Morgan fingerprint density at radius 3 is 2.55 bits per heavy atom. The van der Waals surface area contributed by atoms with E-state index >= 15 is 0 Å². The summed E-state index contributed by atoms with van der Waals surface area (Å²) >= 11 is 6.72. The molecule has 0 saturated carbocycles. The van der Waals surface area contributed by atoms with Crippen molar-refractivity contribution in [1.82, 2.24) is 10.2 Å². The van der Waals surface area contributed by atoms with Gasteiger partial charge in [0, 0.05) is 33.5 Å². The van der Waals surface area contributed by atoms with Crippen LogP contribution in [0.4, 0.5) is 10.5 Å². The van der Waals surface area contributed by atoms with Crippen LogP contribution >= 0.6 is 11.6 Å². The summed E-state index contributed by atoms with van der Waals surface area (Å²) in [6.45, 7) is 8.09. The fourth-order valence-electron chi connectivity index (χ4n) is 6.56. The van der Waals surface area contributed by atoms with Crippen LogP contribution in [0.15, 0.2) is 35.9 Å². The molecule has 4 rings (SSSR count). The van der Waals surface area contributed by atoms with Gasteiger partial charge in [0.25, 0.3) is 0 Å². The maximum Gasteiger partial charge on any atom is 0.409 e. The zero-order chi connectivity index (χ0) is 38.0. The lowest BCUT2D eigenvalue weighted by molar-refractivity contribution is -0.162. The number of carbonyl (C=O) groups excluding carboxylic acids is 5. The fraction of sp³-hybridized carbons (Fsp3) is 0.583. The number of likely N-dealkylation sites (N-methyl/N-ethyl adjacent to an activating group) is 1. The van der Waals surface area contributed by atoms with E-state index in [9.17, 15) is 29.1 Å². The van der Waals surface area contributed by atoms with Crippen molar-refractivity contribution in [3.8, 4) is 5.75 Å². The molecule has 3 aliphatic heterocycles. The first-order chi connectivity index (χ1) is 23.8. The topological polar surface area (TPSA) is 174 Å². The molecule has 0 spiro atoms. The van der Waals surface area contributed by atoms with Gasteiger partial charge in [-0.1, -0.05) is 42.3 Å². The third-order valence-corrected chi connectivity index (χ3v) is 10.3. The number of nitrogens with one attached hydrogen (secondary N) is 1. The van der Waals surface area contributed by atoms with Gasteiger partial charge in [-0.2, -0.15) is 0 Å². The number of aliphatic hydroxyl groups is 1. The van der Waals surface area contributed by atoms with Gasteiger partial charge in [0.1, 0.15) is 46.5 Å². The van der Waals surface area contributed by atoms with E-state index in [1.807, 2.05) is 13.0 Å². The van der Waals surface area contributed by atoms with Crippen LogP contribution in [0, 0.1) is 5.92 Å². The minimum atomic E-state index is -1.84. The number of epoxide rings is 1. The molecule has 1 aromatic carbocycles. The van der Waals surface area contributed by atoms with Gasteiger partial charge < -0.3 is 38.6 Å². The number of allylic oxidation sites excluding steroid dienone is 3. The summed E-state index contributed by atoms with van der Waals surface area (Å²) in [5, 5.41) is 14.4. The molecule has 51 heavy (non-hydrogen) atoms. The zero-order valence-electron chi connectivity index (χ0n) is 30.5. The van der Waals surface area contributed by atoms with E-state index in [1.165, 1.54) is 40.0 Å². The Hall–Kier alpha value is -3.98. The second kappa shape index (κ2) is 15.7. The summed E-state index contributed by atoms with van der Waals surface area (Å²) in [5.74, 6) is -2.42. The first-order valence-corrected chi connectivity index (χ1v) is 17.1. The minimum Gasteiger partial charge on any atom is -0.495 e. The molecule has 0 aliphatic carbocycles. The lowest BCUT2D eigenvalue weighted by Crippen LogP contribution is -2.63. The van der Waals surface area contributed by atoms with Crippen molar-refractivity contribution in [2.24, 2.45) is 5.92 Å². The van der Waals surface area contributed by atoms with Crippen LogP contribution in [0.3, 0.4) is 0 Å². The Bertz CT molecular complexity index is 1610. The number of halogens is 1. The Morgan fingerprint density at radius 2 is 1.92 bits per heavy atom. The Kier molecular flexibility index (Phi) is 12.3. The molecule has 2 N–H and O–H groups in total. The van der Waals surface area contributed by atoms with Gasteiger partial charge in [0.05, 0.1) is 31.7 Å². The third kappa shape index (κ3) is 8.74. The first kappa shape index (κ1) is 39.8. The number of nitrogens with zero attached hydrogens (tertiary/aromatic N) is 2. The van der Waals surface area contributed by atoms with E-state index < -0.39 is 71.6 Å². The molecule has 3 amide bonds. The molecule has 0 aromatic heterocycles. The van der Waals surface area contributed by atoms with Gasteiger partial charge in [-0.15, -0.1) is 0 Å². The molecule has 280 valence electrons. The summed E-state index contributed by atoms with van der Waals surface area (Å²) in [6.07, 6.45) is 0.283. The maximum absolute atomic E-state index is 14.0. The van der Waals surface area contributed by atoms with Crippen molar-refractivity contribution >= 4 is 46.9 Å². The molecule has 2 fully saturated rings. The summed E-state index contributed by atoms with van der Waals surface area (Å²) in [6, 6.07) is 2.44. The largest absolute Gasteiger partial charge is 0.495 e. The molecule has 3 heterocycles. The van der Waals surface area contributed by atoms with Crippen molar-refractivity contribution in [1.29, 1.82) is 0 Å². The highest BCUT2D eigenvalue weighted by molar-refractivity contribution is 6.35. The molecular weight excluding hydrogens is 686 g/mol. The first-order valence-electron chi connectivity index (χ1n) is 16.7. The quantitative estimate of drug-likeness (QED) is 0.239. The highest BCUT2D eigenvalue weighted by Gasteiger charge is 2.64. The molecule has 15 heteroatoms. The number of methoxy groups -OCH3 is 2. The summed E-state index contributed by atoms with van der Waals surface area (Å²) in [5.41, 5.74) is -1.03. The van der Waals surface area contributed by atoms with Crippen LogP contribution in [0.25, 0.3) is 0 Å². The monoisotopic (exact) mass is 733 g/mol. The number of ketones is 1. The fourth-order valence-corrected chi connectivity index (χ4v) is 6.87. The zero-order valence-corrected chi connectivity index (χ0v) is 31.2. The third-order valence-electron chi connectivity index (χ3n) is 9.92. The standard InChI is InChI=1S/C36H48ClN3O11/c1-19-11-10-12-27(48-9)36(46)18-26(49-34(45)38-36)21(3)32-35(5,51-32)28(50-33(44)22(4)39(6)29(42)14-20(2)41)17-30(43)40(7)24-15-23(13-19)16-25(47-8)31(24)37/h10-12,15-16,21-22,26-28,32,46H,13-14,17-18H2,1-9H3,(H,38,45)/b12-10+,19-11+/t21-,22+,26?,27-,28+,32+,35+,36+/m1/s1. The van der Waals surface area contributed by atoms with E-state index in [4.69, 9.17) is 35.3 Å². The smallest absolute Gasteiger partial charge is 0.409 e. The van der Waals surface area contributed by atoms with Crippen LogP contribution in [-0.4, -0.2) is 110 Å². The van der Waals surface area contributed by atoms with Crippen molar-refractivity contribution in [3.05, 3.63) is 46.5 Å². The normalized spacial score (nSPS) is 31.9. The molecule has 3 aliphatic rings. The number of amides is 3. The summed E-state index contributed by atoms with van der Waals surface area (Å²) in [7, 11) is 5.82. The molecule has 8 atom stereocenters. The molecule has 1 aromatic rings. The molecule has 0 radical (unpaired) electrons. The van der Waals surface area contributed by atoms with E-state index in [-0.39, 0.29) is 30.1 Å². The lowest BCUT2D eigenvalue weighted by Gasteiger charge is -2.42. The van der Waals surface area contributed by atoms with Crippen LogP contribution in [0.2, 0.25) is 5.02 Å². The highest BCUT2D eigenvalue weighted by Crippen LogP contribution is 2.49. The van der Waals surface area contributed by atoms with Gasteiger partial charge in [-0.3, -0.25) is 19.7 Å². The van der Waals surface area contributed by atoms with Crippen molar-refractivity contribution in [2.45, 2.75) is 102 Å². The van der Waals surface area contributed by atoms with Crippen molar-refractivity contribution < 1.29 is 52.8 Å². The Morgan fingerprint density at radius 1 is 1.24 bits per heavy atom. The predicted octanol–water partition coefficient (Wildman–Crippen LogP) is 3.49. The van der Waals surface area contributed by atoms with Gasteiger partial charge in [-0.25, -0.2) is 9.59 Å². The van der Waals surface area contributed by atoms with Gasteiger partial charge in [0.15, 0.2) is 5.72 Å². The van der Waals surface area contributed by atoms with Crippen LogP contribution in [-0.2, 0) is 44.5 Å². The number of hydrogen-bond donors (Lipinski definition) is 2. The van der Waals surface area contributed by atoms with Crippen molar-refractivity contribution in [2.75, 3.05) is 33.2 Å². The summed E-state index contributed by atoms with van der Waals surface area (Å²) in [4.78, 5) is 67.0. The number of anilines is 1. The number of rotatable bonds is 7. The molecule has 1 unspecified atom stereocenters. The van der Waals surface area contributed by atoms with Gasteiger partial charge in [0.2, 0.25) is 11.8 Å². The number of Topliss-reactive ketones (excluding diaryl/α,β-unsaturated/α-hetero) is 1. The number of carbonyl (C=O) groups is 5. The molecule has 4 bridgehead atoms. The molecule has 2 saturated heterocycles. The van der Waals surface area contributed by atoms with Crippen LogP contribution in [0.5, 0.6) is 5.75 Å². The number of esters is 1. The average Bonchev–Trinajstić information content (AvgIpc) is 3.76. The number of hydrogen-bond acceptors (Lipinski definition) is 11. The van der Waals surface area contributed by atoms with E-state index in [0.29, 0.717) is 17.9 Å². The minimum absolute atomic E-state index is 0.0717. The Balaban J connectivity index is 1.77. The van der Waals surface area contributed by atoms with Gasteiger partial charge >= 0.3 is 12.1 Å². The van der Waals surface area contributed by atoms with E-state index in [0.717, 1.165) is 16.0 Å². The second-order valence-electron chi connectivity index (χ2n) is 13.8. The van der Waals surface area contributed by atoms with Crippen LogP contribution < -0.4 is 15.0 Å². The number of benzene rings is 1. The van der Waals surface area contributed by atoms with E-state index in [1.54, 1.807) is 45.2 Å². The number of ether oxygens (including phenoxy) is 5. The Labute approximate surface area is 303 Å².